The highest BCUT2D eigenvalue weighted by Gasteiger charge is 2.37. The number of imide groups is 2. The maximum atomic E-state index is 13.2. The summed E-state index contributed by atoms with van der Waals surface area (Å²) in [5, 5.41) is 2.58. The third-order valence-electron chi connectivity index (χ3n) is 4.64. The molecule has 0 aromatic heterocycles. The van der Waals surface area contributed by atoms with E-state index in [1.807, 2.05) is 13.8 Å². The van der Waals surface area contributed by atoms with Crippen molar-refractivity contribution < 1.29 is 23.9 Å². The van der Waals surface area contributed by atoms with Crippen LogP contribution in [0.4, 0.5) is 10.5 Å². The lowest BCUT2D eigenvalue weighted by molar-refractivity contribution is -0.122. The zero-order valence-corrected chi connectivity index (χ0v) is 20.2. The van der Waals surface area contributed by atoms with Crippen molar-refractivity contribution in [3.8, 4) is 11.5 Å². The van der Waals surface area contributed by atoms with Crippen LogP contribution in [0.1, 0.15) is 31.4 Å². The summed E-state index contributed by atoms with van der Waals surface area (Å²) in [4.78, 5) is 39.1. The van der Waals surface area contributed by atoms with Crippen molar-refractivity contribution >= 4 is 57.1 Å². The molecule has 3 rings (SSSR count). The highest BCUT2D eigenvalue weighted by Crippen LogP contribution is 2.36. The topological polar surface area (TPSA) is 84.9 Å². The van der Waals surface area contributed by atoms with Crippen molar-refractivity contribution in [2.45, 2.75) is 27.2 Å². The molecule has 0 spiro atoms. The zero-order valence-electron chi connectivity index (χ0n) is 17.8. The van der Waals surface area contributed by atoms with E-state index in [-0.39, 0.29) is 5.57 Å². The van der Waals surface area contributed by atoms with Gasteiger partial charge in [0, 0.05) is 9.50 Å². The number of hydrogen-bond donors (Lipinski definition) is 1. The van der Waals surface area contributed by atoms with Gasteiger partial charge in [0.2, 0.25) is 0 Å². The highest BCUT2D eigenvalue weighted by molar-refractivity contribution is 9.10. The number of hydrogen-bond acceptors (Lipinski definition) is 5. The number of anilines is 1. The number of nitrogens with zero attached hydrogens (tertiary/aromatic N) is 1. The molecular weight excluding hydrogens is 500 g/mol. The first-order chi connectivity index (χ1) is 15.3. The van der Waals surface area contributed by atoms with Crippen molar-refractivity contribution in [2.24, 2.45) is 0 Å². The minimum Gasteiger partial charge on any atom is -0.490 e. The number of amides is 4. The molecule has 9 heteroatoms. The molecule has 4 amide bonds. The molecule has 2 aromatic carbocycles. The average molecular weight is 522 g/mol. The van der Waals surface area contributed by atoms with Crippen LogP contribution < -0.4 is 19.7 Å². The summed E-state index contributed by atoms with van der Waals surface area (Å²) in [5.74, 6) is -0.501. The summed E-state index contributed by atoms with van der Waals surface area (Å²) in [6, 6.07) is 7.42. The van der Waals surface area contributed by atoms with Crippen LogP contribution >= 0.6 is 27.5 Å². The molecule has 1 aliphatic rings. The number of rotatable bonds is 7. The molecule has 2 aromatic rings. The number of aryl methyl sites for hydroxylation is 1. The van der Waals surface area contributed by atoms with Crippen LogP contribution in [0.15, 0.2) is 40.4 Å². The number of nitrogens with one attached hydrogen (secondary N) is 1. The van der Waals surface area contributed by atoms with Gasteiger partial charge in [-0.05, 0) is 61.7 Å². The molecule has 1 aliphatic heterocycles. The molecule has 0 saturated carbocycles. The number of urea groups is 1. The predicted molar refractivity (Wildman–Crippen MR) is 126 cm³/mol. The van der Waals surface area contributed by atoms with E-state index in [0.29, 0.717) is 51.0 Å². The van der Waals surface area contributed by atoms with Crippen LogP contribution in [0.3, 0.4) is 0 Å². The summed E-state index contributed by atoms with van der Waals surface area (Å²) in [5.41, 5.74) is 1.28. The van der Waals surface area contributed by atoms with E-state index in [1.165, 1.54) is 12.1 Å². The second kappa shape index (κ2) is 10.2. The van der Waals surface area contributed by atoms with E-state index in [0.717, 1.165) is 11.3 Å². The first-order valence-electron chi connectivity index (χ1n) is 10.0. The van der Waals surface area contributed by atoms with E-state index < -0.39 is 17.8 Å². The molecule has 1 heterocycles. The molecule has 0 radical (unpaired) electrons. The smallest absolute Gasteiger partial charge is 0.335 e. The van der Waals surface area contributed by atoms with Crippen LogP contribution in [-0.2, 0) is 9.59 Å². The van der Waals surface area contributed by atoms with Gasteiger partial charge in [-0.1, -0.05) is 40.5 Å². The molecule has 7 nitrogen and oxygen atoms in total. The van der Waals surface area contributed by atoms with Gasteiger partial charge < -0.3 is 9.47 Å². The molecule has 1 fully saturated rings. The molecular formula is C23H22BrClN2O5. The lowest BCUT2D eigenvalue weighted by atomic mass is 10.1. The average Bonchev–Trinajstić information content (AvgIpc) is 2.74. The molecule has 168 valence electrons. The Morgan fingerprint density at radius 3 is 2.50 bits per heavy atom. The summed E-state index contributed by atoms with van der Waals surface area (Å²) in [6.07, 6.45) is 2.24. The maximum Gasteiger partial charge on any atom is 0.335 e. The van der Waals surface area contributed by atoms with Crippen molar-refractivity contribution in [2.75, 3.05) is 18.1 Å². The largest absolute Gasteiger partial charge is 0.490 e. The van der Waals surface area contributed by atoms with Crippen LogP contribution in [0, 0.1) is 6.92 Å². The summed E-state index contributed by atoms with van der Waals surface area (Å²) in [7, 11) is 0. The summed E-state index contributed by atoms with van der Waals surface area (Å²) < 4.78 is 12.0. The van der Waals surface area contributed by atoms with Crippen molar-refractivity contribution in [1.82, 2.24) is 5.32 Å². The van der Waals surface area contributed by atoms with Gasteiger partial charge >= 0.3 is 6.03 Å². The van der Waals surface area contributed by atoms with Gasteiger partial charge in [-0.15, -0.1) is 0 Å². The number of halogens is 2. The van der Waals surface area contributed by atoms with Crippen molar-refractivity contribution in [3.63, 3.8) is 0 Å². The predicted octanol–water partition coefficient (Wildman–Crippen LogP) is 5.26. The Kier molecular flexibility index (Phi) is 7.58. The Bertz CT molecular complexity index is 1120. The van der Waals surface area contributed by atoms with Crippen molar-refractivity contribution in [3.05, 3.63) is 56.5 Å². The minimum atomic E-state index is -0.833. The SMILES string of the molecule is CCCOc1cc(Br)c(/C=C2\C(=O)NC(=O)N(c3cc(Cl)ccc3C)C2=O)cc1OCC. The van der Waals surface area contributed by atoms with E-state index in [9.17, 15) is 14.4 Å². The second-order valence-corrected chi connectivity index (χ2v) is 8.28. The Hall–Kier alpha value is -2.84. The fourth-order valence-corrected chi connectivity index (χ4v) is 3.71. The van der Waals surface area contributed by atoms with Gasteiger partial charge in [-0.2, -0.15) is 0 Å². The van der Waals surface area contributed by atoms with Gasteiger partial charge in [0.15, 0.2) is 11.5 Å². The highest BCUT2D eigenvalue weighted by atomic mass is 79.9. The fourth-order valence-electron chi connectivity index (χ4n) is 3.11. The van der Waals surface area contributed by atoms with Gasteiger partial charge in [0.1, 0.15) is 5.57 Å². The zero-order chi connectivity index (χ0) is 23.4. The number of carbonyl (C=O) groups excluding carboxylic acids is 3. The number of ether oxygens (including phenoxy) is 2. The monoisotopic (exact) mass is 520 g/mol. The quantitative estimate of drug-likeness (QED) is 0.397. The Labute approximate surface area is 199 Å². The van der Waals surface area contributed by atoms with Gasteiger partial charge in [-0.25, -0.2) is 9.69 Å². The van der Waals surface area contributed by atoms with Crippen LogP contribution in [0.25, 0.3) is 6.08 Å². The molecule has 0 atom stereocenters. The normalized spacial score (nSPS) is 15.2. The molecule has 0 unspecified atom stereocenters. The summed E-state index contributed by atoms with van der Waals surface area (Å²) >= 11 is 9.52. The number of carbonyl (C=O) groups is 3. The van der Waals surface area contributed by atoms with Crippen LogP contribution in [0.5, 0.6) is 11.5 Å². The third kappa shape index (κ3) is 4.97. The van der Waals surface area contributed by atoms with E-state index in [1.54, 1.807) is 31.2 Å². The second-order valence-electron chi connectivity index (χ2n) is 6.99. The third-order valence-corrected chi connectivity index (χ3v) is 5.56. The Morgan fingerprint density at radius 2 is 1.81 bits per heavy atom. The van der Waals surface area contributed by atoms with E-state index in [2.05, 4.69) is 21.2 Å². The van der Waals surface area contributed by atoms with Gasteiger partial charge in [0.25, 0.3) is 11.8 Å². The maximum absolute atomic E-state index is 13.2. The first kappa shape index (κ1) is 23.8. The number of barbiturate groups is 1. The Balaban J connectivity index is 2.05. The lowest BCUT2D eigenvalue weighted by Crippen LogP contribution is -2.54. The lowest BCUT2D eigenvalue weighted by Gasteiger charge is -2.27. The molecule has 1 saturated heterocycles. The van der Waals surface area contributed by atoms with Crippen molar-refractivity contribution in [1.29, 1.82) is 0 Å². The summed E-state index contributed by atoms with van der Waals surface area (Å²) in [6.45, 7) is 6.51. The van der Waals surface area contributed by atoms with Gasteiger partial charge in [-0.3, -0.25) is 14.9 Å². The van der Waals surface area contributed by atoms with Crippen LogP contribution in [0.2, 0.25) is 5.02 Å². The molecule has 0 bridgehead atoms. The Morgan fingerprint density at radius 1 is 1.09 bits per heavy atom. The van der Waals surface area contributed by atoms with E-state index in [4.69, 9.17) is 21.1 Å². The molecule has 1 N–H and O–H groups in total. The van der Waals surface area contributed by atoms with Crippen LogP contribution in [-0.4, -0.2) is 31.1 Å². The molecule has 0 aliphatic carbocycles. The fraction of sp³-hybridized carbons (Fsp3) is 0.261. The number of benzene rings is 2. The van der Waals surface area contributed by atoms with E-state index >= 15 is 0 Å². The standard InChI is InChI=1S/C23H22BrClN2O5/c1-4-8-32-20-12-17(24)14(10-19(20)31-5-2)9-16-21(28)26-23(30)27(22(16)29)18-11-15(25)7-6-13(18)3/h6-7,9-12H,4-5,8H2,1-3H3,(H,26,28,30)/b16-9+. The minimum absolute atomic E-state index is 0.200. The van der Waals surface area contributed by atoms with Gasteiger partial charge in [0.05, 0.1) is 18.9 Å². The molecule has 32 heavy (non-hydrogen) atoms. The first-order valence-corrected chi connectivity index (χ1v) is 11.2.